The number of carbonyl (C=O) groups is 2. The van der Waals surface area contributed by atoms with Gasteiger partial charge in [0.25, 0.3) is 5.91 Å². The van der Waals surface area contributed by atoms with E-state index in [2.05, 4.69) is 11.7 Å². The molecule has 5 nitrogen and oxygen atoms in total. The fraction of sp³-hybridized carbons (Fsp3) is 0.238. The van der Waals surface area contributed by atoms with Gasteiger partial charge in [-0.1, -0.05) is 37.3 Å². The van der Waals surface area contributed by atoms with Gasteiger partial charge in [-0.05, 0) is 36.3 Å². The molecule has 1 heterocycles. The Labute approximate surface area is 152 Å². The maximum atomic E-state index is 12.8. The Morgan fingerprint density at radius 2 is 1.85 bits per heavy atom. The number of esters is 1. The highest BCUT2D eigenvalue weighted by molar-refractivity contribution is 6.35. The van der Waals surface area contributed by atoms with Crippen molar-refractivity contribution >= 4 is 29.2 Å². The van der Waals surface area contributed by atoms with E-state index in [-0.39, 0.29) is 12.5 Å². The second kappa shape index (κ2) is 7.87. The Balaban J connectivity index is 1.83. The highest BCUT2D eigenvalue weighted by Gasteiger charge is 2.31. The van der Waals surface area contributed by atoms with Crippen molar-refractivity contribution in [3.8, 4) is 5.75 Å². The molecule has 3 rings (SSSR count). The van der Waals surface area contributed by atoms with E-state index in [0.29, 0.717) is 17.9 Å². The number of para-hydroxylation sites is 1. The first-order valence-corrected chi connectivity index (χ1v) is 8.56. The normalized spacial score (nSPS) is 14.5. The minimum absolute atomic E-state index is 0.0269. The van der Waals surface area contributed by atoms with Crippen molar-refractivity contribution in [2.24, 2.45) is 0 Å². The molecule has 0 saturated heterocycles. The first-order chi connectivity index (χ1) is 12.6. The number of carbonyl (C=O) groups excluding carboxylic acids is 2. The Kier molecular flexibility index (Phi) is 5.37. The van der Waals surface area contributed by atoms with Gasteiger partial charge < -0.3 is 14.4 Å². The van der Waals surface area contributed by atoms with Gasteiger partial charge in [0.1, 0.15) is 5.75 Å². The van der Waals surface area contributed by atoms with Gasteiger partial charge >= 0.3 is 5.97 Å². The standard InChI is InChI=1S/C21H21NO4/c1-3-12-22-19-7-5-4-6-17(19)18(21(22)24)13-15-8-10-16(11-9-15)26-14-20(23)25-2/h4-11,13H,3,12,14H2,1-2H3/b18-13-. The van der Waals surface area contributed by atoms with Crippen LogP contribution >= 0.6 is 0 Å². The smallest absolute Gasteiger partial charge is 0.343 e. The van der Waals surface area contributed by atoms with Gasteiger partial charge in [0, 0.05) is 17.7 Å². The van der Waals surface area contributed by atoms with E-state index < -0.39 is 5.97 Å². The van der Waals surface area contributed by atoms with E-state index in [0.717, 1.165) is 23.2 Å². The zero-order chi connectivity index (χ0) is 18.5. The molecule has 0 unspecified atom stereocenters. The third-order valence-corrected chi connectivity index (χ3v) is 4.18. The molecule has 1 amide bonds. The van der Waals surface area contributed by atoms with Gasteiger partial charge in [0.2, 0.25) is 0 Å². The number of hydrogen-bond donors (Lipinski definition) is 0. The highest BCUT2D eigenvalue weighted by Crippen LogP contribution is 2.37. The van der Waals surface area contributed by atoms with Crippen LogP contribution in [0.15, 0.2) is 48.5 Å². The summed E-state index contributed by atoms with van der Waals surface area (Å²) in [6.45, 7) is 2.63. The number of fused-ring (bicyclic) bond motifs is 1. The lowest BCUT2D eigenvalue weighted by molar-refractivity contribution is -0.142. The first-order valence-electron chi connectivity index (χ1n) is 8.56. The monoisotopic (exact) mass is 351 g/mol. The predicted molar refractivity (Wildman–Crippen MR) is 101 cm³/mol. The molecule has 0 saturated carbocycles. The lowest BCUT2D eigenvalue weighted by Crippen LogP contribution is -2.26. The van der Waals surface area contributed by atoms with Crippen LogP contribution in [0.3, 0.4) is 0 Å². The second-order valence-corrected chi connectivity index (χ2v) is 5.97. The summed E-state index contributed by atoms with van der Waals surface area (Å²) in [5.41, 5.74) is 3.50. The van der Waals surface area contributed by atoms with Crippen LogP contribution in [0.25, 0.3) is 11.6 Å². The average Bonchev–Trinajstić information content (AvgIpc) is 2.93. The van der Waals surface area contributed by atoms with Crippen molar-refractivity contribution in [3.63, 3.8) is 0 Å². The Hall–Kier alpha value is -3.08. The van der Waals surface area contributed by atoms with Crippen LogP contribution in [-0.2, 0) is 14.3 Å². The number of methoxy groups -OCH3 is 1. The molecule has 5 heteroatoms. The fourth-order valence-electron chi connectivity index (χ4n) is 2.92. The van der Waals surface area contributed by atoms with E-state index in [9.17, 15) is 9.59 Å². The third kappa shape index (κ3) is 3.61. The number of amides is 1. The number of rotatable bonds is 6. The van der Waals surface area contributed by atoms with E-state index >= 15 is 0 Å². The summed E-state index contributed by atoms with van der Waals surface area (Å²) in [6.07, 6.45) is 2.79. The van der Waals surface area contributed by atoms with Crippen LogP contribution in [0.4, 0.5) is 5.69 Å². The molecule has 2 aromatic rings. The first kappa shape index (κ1) is 17.7. The number of anilines is 1. The van der Waals surface area contributed by atoms with Crippen LogP contribution in [0, 0.1) is 0 Å². The molecule has 0 aromatic heterocycles. The Bertz CT molecular complexity index is 839. The third-order valence-electron chi connectivity index (χ3n) is 4.18. The van der Waals surface area contributed by atoms with Crippen LogP contribution in [0.1, 0.15) is 24.5 Å². The van der Waals surface area contributed by atoms with Gasteiger partial charge in [-0.3, -0.25) is 4.79 Å². The van der Waals surface area contributed by atoms with Gasteiger partial charge in [-0.2, -0.15) is 0 Å². The molecule has 0 radical (unpaired) electrons. The van der Waals surface area contributed by atoms with Crippen molar-refractivity contribution in [2.75, 3.05) is 25.2 Å². The van der Waals surface area contributed by atoms with Crippen LogP contribution in [-0.4, -0.2) is 32.1 Å². The topological polar surface area (TPSA) is 55.8 Å². The number of ether oxygens (including phenoxy) is 2. The Morgan fingerprint density at radius 3 is 2.54 bits per heavy atom. The molecular formula is C21H21NO4. The average molecular weight is 351 g/mol. The number of benzene rings is 2. The summed E-state index contributed by atoms with van der Waals surface area (Å²) in [6, 6.07) is 15.1. The molecule has 0 spiro atoms. The van der Waals surface area contributed by atoms with Crippen molar-refractivity contribution in [2.45, 2.75) is 13.3 Å². The van der Waals surface area contributed by atoms with Crippen molar-refractivity contribution in [1.29, 1.82) is 0 Å². The summed E-state index contributed by atoms with van der Waals surface area (Å²) in [5.74, 6) is 0.169. The van der Waals surface area contributed by atoms with Crippen molar-refractivity contribution in [1.82, 2.24) is 0 Å². The predicted octanol–water partition coefficient (Wildman–Crippen LogP) is 3.54. The molecular weight excluding hydrogens is 330 g/mol. The fourth-order valence-corrected chi connectivity index (χ4v) is 2.92. The van der Waals surface area contributed by atoms with Gasteiger partial charge in [-0.15, -0.1) is 0 Å². The molecule has 2 aromatic carbocycles. The molecule has 134 valence electrons. The molecule has 1 aliphatic heterocycles. The van der Waals surface area contributed by atoms with E-state index in [1.54, 1.807) is 12.1 Å². The van der Waals surface area contributed by atoms with E-state index in [1.165, 1.54) is 7.11 Å². The van der Waals surface area contributed by atoms with Gasteiger partial charge in [0.15, 0.2) is 6.61 Å². The second-order valence-electron chi connectivity index (χ2n) is 5.97. The van der Waals surface area contributed by atoms with Crippen molar-refractivity contribution < 1.29 is 19.1 Å². The van der Waals surface area contributed by atoms with E-state index in [4.69, 9.17) is 4.74 Å². The summed E-state index contributed by atoms with van der Waals surface area (Å²) >= 11 is 0. The van der Waals surface area contributed by atoms with Crippen LogP contribution < -0.4 is 9.64 Å². The number of nitrogens with zero attached hydrogens (tertiary/aromatic N) is 1. The minimum Gasteiger partial charge on any atom is -0.482 e. The maximum Gasteiger partial charge on any atom is 0.343 e. The Morgan fingerprint density at radius 1 is 1.12 bits per heavy atom. The largest absolute Gasteiger partial charge is 0.482 e. The SMILES string of the molecule is CCCN1C(=O)/C(=C\c2ccc(OCC(=O)OC)cc2)c2ccccc21. The summed E-state index contributed by atoms with van der Waals surface area (Å²) in [7, 11) is 1.32. The van der Waals surface area contributed by atoms with Gasteiger partial charge in [-0.25, -0.2) is 4.79 Å². The molecule has 0 N–H and O–H groups in total. The highest BCUT2D eigenvalue weighted by atomic mass is 16.6. The van der Waals surface area contributed by atoms with Gasteiger partial charge in [0.05, 0.1) is 12.8 Å². The summed E-state index contributed by atoms with van der Waals surface area (Å²) in [4.78, 5) is 25.8. The zero-order valence-electron chi connectivity index (χ0n) is 14.9. The minimum atomic E-state index is -0.430. The summed E-state index contributed by atoms with van der Waals surface area (Å²) < 4.78 is 9.88. The zero-order valence-corrected chi connectivity index (χ0v) is 14.9. The molecule has 0 fully saturated rings. The molecule has 0 bridgehead atoms. The van der Waals surface area contributed by atoms with Crippen molar-refractivity contribution in [3.05, 3.63) is 59.7 Å². The maximum absolute atomic E-state index is 12.8. The van der Waals surface area contributed by atoms with Crippen LogP contribution in [0.2, 0.25) is 0 Å². The lowest BCUT2D eigenvalue weighted by atomic mass is 10.0. The molecule has 0 atom stereocenters. The summed E-state index contributed by atoms with van der Waals surface area (Å²) in [5, 5.41) is 0. The van der Waals surface area contributed by atoms with Crippen LogP contribution in [0.5, 0.6) is 5.75 Å². The van der Waals surface area contributed by atoms with E-state index in [1.807, 2.05) is 47.4 Å². The quantitative estimate of drug-likeness (QED) is 0.590. The molecule has 0 aliphatic carbocycles. The lowest BCUT2D eigenvalue weighted by Gasteiger charge is -2.15. The molecule has 1 aliphatic rings. The number of hydrogen-bond acceptors (Lipinski definition) is 4. The molecule has 26 heavy (non-hydrogen) atoms.